The van der Waals surface area contributed by atoms with Gasteiger partial charge in [0.25, 0.3) is 0 Å². The van der Waals surface area contributed by atoms with Crippen molar-refractivity contribution in [1.82, 2.24) is 0 Å². The number of carbonyl (C=O) groups is 1. The summed E-state index contributed by atoms with van der Waals surface area (Å²) in [5.74, 6) is 0.226. The van der Waals surface area contributed by atoms with Crippen LogP contribution in [0.4, 0.5) is 11.4 Å². The Kier molecular flexibility index (Phi) is 5.15. The molecule has 110 valence electrons. The highest BCUT2D eigenvalue weighted by Gasteiger charge is 2.08. The lowest BCUT2D eigenvalue weighted by Gasteiger charge is -2.09. The Morgan fingerprint density at radius 3 is 2.71 bits per heavy atom. The molecule has 3 nitrogen and oxygen atoms in total. The van der Waals surface area contributed by atoms with Crippen molar-refractivity contribution in [3.05, 3.63) is 52.5 Å². The summed E-state index contributed by atoms with van der Waals surface area (Å²) < 4.78 is 0. The van der Waals surface area contributed by atoms with Gasteiger partial charge in [0.2, 0.25) is 5.91 Å². The zero-order valence-corrected chi connectivity index (χ0v) is 13.5. The summed E-state index contributed by atoms with van der Waals surface area (Å²) in [6, 6.07) is 11.2. The summed E-state index contributed by atoms with van der Waals surface area (Å²) in [5.41, 5.74) is 9.25. The molecule has 0 aliphatic rings. The molecule has 2 rings (SSSR count). The second-order valence-electron chi connectivity index (χ2n) is 4.84. The molecule has 2 aromatic carbocycles. The van der Waals surface area contributed by atoms with E-state index in [9.17, 15) is 4.79 Å². The third-order valence-corrected chi connectivity index (χ3v) is 4.39. The van der Waals surface area contributed by atoms with E-state index < -0.39 is 0 Å². The Balaban J connectivity index is 1.97. The lowest BCUT2D eigenvalue weighted by atomic mass is 10.2. The van der Waals surface area contributed by atoms with Gasteiger partial charge in [-0.05, 0) is 43.7 Å². The fourth-order valence-electron chi connectivity index (χ4n) is 1.93. The normalized spacial score (nSPS) is 10.4. The van der Waals surface area contributed by atoms with Crippen molar-refractivity contribution in [1.29, 1.82) is 0 Å². The lowest BCUT2D eigenvalue weighted by molar-refractivity contribution is -0.113. The van der Waals surface area contributed by atoms with Gasteiger partial charge < -0.3 is 11.1 Å². The van der Waals surface area contributed by atoms with Crippen LogP contribution in [-0.4, -0.2) is 11.7 Å². The molecule has 0 saturated carbocycles. The van der Waals surface area contributed by atoms with E-state index in [4.69, 9.17) is 17.3 Å². The second kappa shape index (κ2) is 6.87. The maximum Gasteiger partial charge on any atom is 0.234 e. The third kappa shape index (κ3) is 4.41. The number of halogens is 1. The average Bonchev–Trinajstić information content (AvgIpc) is 2.42. The van der Waals surface area contributed by atoms with E-state index in [1.807, 2.05) is 19.1 Å². The quantitative estimate of drug-likeness (QED) is 0.653. The molecule has 3 N–H and O–H groups in total. The van der Waals surface area contributed by atoms with Gasteiger partial charge >= 0.3 is 0 Å². The Morgan fingerprint density at radius 1 is 1.24 bits per heavy atom. The molecule has 0 radical (unpaired) electrons. The van der Waals surface area contributed by atoms with Crippen LogP contribution in [0.25, 0.3) is 0 Å². The summed E-state index contributed by atoms with van der Waals surface area (Å²) in [4.78, 5) is 13.1. The summed E-state index contributed by atoms with van der Waals surface area (Å²) in [7, 11) is 0. The van der Waals surface area contributed by atoms with Crippen LogP contribution in [0, 0.1) is 13.8 Å². The van der Waals surface area contributed by atoms with E-state index in [1.165, 1.54) is 22.9 Å². The second-order valence-corrected chi connectivity index (χ2v) is 6.29. The van der Waals surface area contributed by atoms with Crippen LogP contribution in [0.2, 0.25) is 5.02 Å². The highest BCUT2D eigenvalue weighted by atomic mass is 35.5. The van der Waals surface area contributed by atoms with Crippen molar-refractivity contribution < 1.29 is 4.79 Å². The van der Waals surface area contributed by atoms with Crippen molar-refractivity contribution in [2.45, 2.75) is 18.7 Å². The zero-order chi connectivity index (χ0) is 15.4. The predicted octanol–water partition coefficient (Wildman–Crippen LogP) is 4.27. The number of nitrogens with two attached hydrogens (primary N) is 1. The largest absolute Gasteiger partial charge is 0.397 e. The molecule has 1 amide bonds. The maximum atomic E-state index is 12.0. The molecule has 0 saturated heterocycles. The first-order chi connectivity index (χ1) is 9.95. The number of hydrogen-bond donors (Lipinski definition) is 2. The molecule has 5 heteroatoms. The Morgan fingerprint density at radius 2 is 2.00 bits per heavy atom. The minimum absolute atomic E-state index is 0.103. The van der Waals surface area contributed by atoms with Gasteiger partial charge in [-0.25, -0.2) is 0 Å². The van der Waals surface area contributed by atoms with Crippen LogP contribution in [0.1, 0.15) is 11.1 Å². The minimum Gasteiger partial charge on any atom is -0.397 e. The molecule has 0 unspecified atom stereocenters. The number of benzene rings is 2. The van der Waals surface area contributed by atoms with E-state index in [0.29, 0.717) is 22.2 Å². The molecule has 0 aliphatic carbocycles. The van der Waals surface area contributed by atoms with E-state index in [1.54, 1.807) is 18.2 Å². The molecule has 0 aromatic heterocycles. The van der Waals surface area contributed by atoms with Crippen LogP contribution in [0.15, 0.2) is 41.3 Å². The molecule has 0 heterocycles. The number of amides is 1. The number of anilines is 2. The van der Waals surface area contributed by atoms with Gasteiger partial charge in [0, 0.05) is 9.92 Å². The number of thioether (sulfide) groups is 1. The highest BCUT2D eigenvalue weighted by Crippen LogP contribution is 2.25. The minimum atomic E-state index is -0.103. The molecule has 0 atom stereocenters. The maximum absolute atomic E-state index is 12.0. The van der Waals surface area contributed by atoms with Gasteiger partial charge in [0.15, 0.2) is 0 Å². The predicted molar refractivity (Wildman–Crippen MR) is 91.1 cm³/mol. The van der Waals surface area contributed by atoms with Crippen molar-refractivity contribution >= 4 is 40.6 Å². The zero-order valence-electron chi connectivity index (χ0n) is 11.9. The van der Waals surface area contributed by atoms with E-state index >= 15 is 0 Å². The fraction of sp³-hybridized carbons (Fsp3) is 0.188. The molecular weight excluding hydrogens is 304 g/mol. The molecule has 0 aliphatic heterocycles. The monoisotopic (exact) mass is 320 g/mol. The standard InChI is InChI=1S/C16H17ClN2OS/c1-10-3-6-15(11(2)7-10)21-9-16(20)19-14-8-12(17)4-5-13(14)18/h3-8H,9,18H2,1-2H3,(H,19,20). The van der Waals surface area contributed by atoms with Crippen LogP contribution < -0.4 is 11.1 Å². The van der Waals surface area contributed by atoms with Crippen molar-refractivity contribution in [3.8, 4) is 0 Å². The fourth-order valence-corrected chi connectivity index (χ4v) is 2.91. The molecule has 2 aromatic rings. The highest BCUT2D eigenvalue weighted by molar-refractivity contribution is 8.00. The summed E-state index contributed by atoms with van der Waals surface area (Å²) in [6.07, 6.45) is 0. The Hall–Kier alpha value is -1.65. The molecule has 0 spiro atoms. The van der Waals surface area contributed by atoms with Crippen molar-refractivity contribution in [2.24, 2.45) is 0 Å². The molecule has 0 bridgehead atoms. The third-order valence-electron chi connectivity index (χ3n) is 2.98. The lowest BCUT2D eigenvalue weighted by Crippen LogP contribution is -2.15. The smallest absolute Gasteiger partial charge is 0.234 e. The van der Waals surface area contributed by atoms with E-state index in [0.717, 1.165) is 4.90 Å². The van der Waals surface area contributed by atoms with Gasteiger partial charge in [0.05, 0.1) is 17.1 Å². The van der Waals surface area contributed by atoms with E-state index in [2.05, 4.69) is 18.3 Å². The molecule has 0 fully saturated rings. The van der Waals surface area contributed by atoms with Crippen molar-refractivity contribution in [3.63, 3.8) is 0 Å². The van der Waals surface area contributed by atoms with Crippen LogP contribution in [-0.2, 0) is 4.79 Å². The molecule has 21 heavy (non-hydrogen) atoms. The number of aryl methyl sites for hydroxylation is 2. The van der Waals surface area contributed by atoms with E-state index in [-0.39, 0.29) is 5.91 Å². The van der Waals surface area contributed by atoms with Gasteiger partial charge in [0.1, 0.15) is 0 Å². The SMILES string of the molecule is Cc1ccc(SCC(=O)Nc2cc(Cl)ccc2N)c(C)c1. The number of carbonyl (C=O) groups excluding carboxylic acids is 1. The van der Waals surface area contributed by atoms with Gasteiger partial charge in [-0.15, -0.1) is 11.8 Å². The first-order valence-electron chi connectivity index (χ1n) is 6.50. The van der Waals surface area contributed by atoms with Crippen LogP contribution in [0.3, 0.4) is 0 Å². The summed E-state index contributed by atoms with van der Waals surface area (Å²) in [6.45, 7) is 4.10. The van der Waals surface area contributed by atoms with Gasteiger partial charge in [-0.3, -0.25) is 4.79 Å². The Bertz CT molecular complexity index is 673. The summed E-state index contributed by atoms with van der Waals surface area (Å²) >= 11 is 7.40. The van der Waals surface area contributed by atoms with Gasteiger partial charge in [-0.2, -0.15) is 0 Å². The number of nitrogens with one attached hydrogen (secondary N) is 1. The first kappa shape index (κ1) is 15.7. The van der Waals surface area contributed by atoms with Crippen LogP contribution >= 0.6 is 23.4 Å². The number of hydrogen-bond acceptors (Lipinski definition) is 3. The molecular formula is C16H17ClN2OS. The van der Waals surface area contributed by atoms with Crippen LogP contribution in [0.5, 0.6) is 0 Å². The topological polar surface area (TPSA) is 55.1 Å². The summed E-state index contributed by atoms with van der Waals surface area (Å²) in [5, 5.41) is 3.33. The first-order valence-corrected chi connectivity index (χ1v) is 7.87. The Labute approximate surface area is 133 Å². The number of nitrogen functional groups attached to an aromatic ring is 1. The number of rotatable bonds is 4. The average molecular weight is 321 g/mol. The van der Waals surface area contributed by atoms with Crippen molar-refractivity contribution in [2.75, 3.05) is 16.8 Å². The van der Waals surface area contributed by atoms with Gasteiger partial charge in [-0.1, -0.05) is 29.3 Å².